The van der Waals surface area contributed by atoms with Gasteiger partial charge in [-0.1, -0.05) is 19.8 Å². The maximum absolute atomic E-state index is 12.2. The van der Waals surface area contributed by atoms with Crippen molar-refractivity contribution < 1.29 is 14.7 Å². The molecule has 1 saturated heterocycles. The topological polar surface area (TPSA) is 83.6 Å². The SMILES string of the molecule is CC(CCN)C(=O)N1CCCCCC1C(=O)O. The van der Waals surface area contributed by atoms with Crippen LogP contribution >= 0.6 is 0 Å². The highest BCUT2D eigenvalue weighted by atomic mass is 16.4. The molecule has 98 valence electrons. The lowest BCUT2D eigenvalue weighted by atomic mass is 10.0. The molecule has 1 aliphatic rings. The average Bonchev–Trinajstić information content (AvgIpc) is 2.53. The molecule has 3 N–H and O–H groups in total. The fraction of sp³-hybridized carbons (Fsp3) is 0.833. The van der Waals surface area contributed by atoms with Crippen LogP contribution < -0.4 is 5.73 Å². The van der Waals surface area contributed by atoms with Crippen LogP contribution in [0.4, 0.5) is 0 Å². The summed E-state index contributed by atoms with van der Waals surface area (Å²) in [5.74, 6) is -1.13. The number of carbonyl (C=O) groups is 2. The molecule has 0 aromatic heterocycles. The van der Waals surface area contributed by atoms with Crippen molar-refractivity contribution in [3.63, 3.8) is 0 Å². The molecule has 5 nitrogen and oxygen atoms in total. The van der Waals surface area contributed by atoms with Gasteiger partial charge < -0.3 is 15.7 Å². The Hall–Kier alpha value is -1.10. The van der Waals surface area contributed by atoms with E-state index in [9.17, 15) is 14.7 Å². The van der Waals surface area contributed by atoms with E-state index in [0.717, 1.165) is 19.3 Å². The van der Waals surface area contributed by atoms with Crippen LogP contribution in [0.5, 0.6) is 0 Å². The Labute approximate surface area is 102 Å². The van der Waals surface area contributed by atoms with Crippen molar-refractivity contribution in [3.8, 4) is 0 Å². The number of amides is 1. The molecule has 17 heavy (non-hydrogen) atoms. The molecule has 1 heterocycles. The normalized spacial score (nSPS) is 22.9. The minimum atomic E-state index is -0.889. The molecular weight excluding hydrogens is 220 g/mol. The molecule has 0 radical (unpaired) electrons. The van der Waals surface area contributed by atoms with Crippen molar-refractivity contribution in [2.24, 2.45) is 11.7 Å². The molecule has 1 fully saturated rings. The van der Waals surface area contributed by atoms with Gasteiger partial charge in [0.05, 0.1) is 0 Å². The molecule has 0 aromatic rings. The number of carboxylic acids is 1. The van der Waals surface area contributed by atoms with E-state index in [4.69, 9.17) is 5.73 Å². The molecule has 2 unspecified atom stereocenters. The predicted octanol–water partition coefficient (Wildman–Crippen LogP) is 0.827. The smallest absolute Gasteiger partial charge is 0.326 e. The van der Waals surface area contributed by atoms with Crippen LogP contribution in [0.3, 0.4) is 0 Å². The van der Waals surface area contributed by atoms with Gasteiger partial charge in [-0.25, -0.2) is 4.79 Å². The Morgan fingerprint density at radius 2 is 2.12 bits per heavy atom. The molecular formula is C12H22N2O3. The van der Waals surface area contributed by atoms with Gasteiger partial charge in [-0.15, -0.1) is 0 Å². The van der Waals surface area contributed by atoms with E-state index in [1.807, 2.05) is 6.92 Å². The number of nitrogens with zero attached hydrogens (tertiary/aromatic N) is 1. The van der Waals surface area contributed by atoms with E-state index in [2.05, 4.69) is 0 Å². The largest absolute Gasteiger partial charge is 0.480 e. The van der Waals surface area contributed by atoms with Crippen molar-refractivity contribution >= 4 is 11.9 Å². The molecule has 5 heteroatoms. The van der Waals surface area contributed by atoms with Gasteiger partial charge >= 0.3 is 5.97 Å². The Morgan fingerprint density at radius 1 is 1.41 bits per heavy atom. The highest BCUT2D eigenvalue weighted by molar-refractivity contribution is 5.85. The summed E-state index contributed by atoms with van der Waals surface area (Å²) in [5.41, 5.74) is 5.44. The lowest BCUT2D eigenvalue weighted by Crippen LogP contribution is -2.47. The summed E-state index contributed by atoms with van der Waals surface area (Å²) in [6.45, 7) is 2.84. The van der Waals surface area contributed by atoms with Crippen molar-refractivity contribution in [3.05, 3.63) is 0 Å². The zero-order valence-electron chi connectivity index (χ0n) is 10.4. The highest BCUT2D eigenvalue weighted by Crippen LogP contribution is 2.20. The van der Waals surface area contributed by atoms with Gasteiger partial charge in [0.1, 0.15) is 6.04 Å². The Bertz CT molecular complexity index is 281. The van der Waals surface area contributed by atoms with E-state index in [-0.39, 0.29) is 11.8 Å². The van der Waals surface area contributed by atoms with E-state index < -0.39 is 12.0 Å². The maximum Gasteiger partial charge on any atom is 0.326 e. The first kappa shape index (κ1) is 14.0. The Morgan fingerprint density at radius 3 is 2.71 bits per heavy atom. The van der Waals surface area contributed by atoms with E-state index in [1.165, 1.54) is 4.90 Å². The molecule has 1 amide bonds. The molecule has 1 rings (SSSR count). The van der Waals surface area contributed by atoms with Crippen LogP contribution in [0, 0.1) is 5.92 Å². The third kappa shape index (κ3) is 3.70. The number of aliphatic carboxylic acids is 1. The number of likely N-dealkylation sites (tertiary alicyclic amines) is 1. The average molecular weight is 242 g/mol. The van der Waals surface area contributed by atoms with Crippen LogP contribution in [0.15, 0.2) is 0 Å². The summed E-state index contributed by atoms with van der Waals surface area (Å²) in [4.78, 5) is 24.9. The molecule has 0 spiro atoms. The molecule has 2 atom stereocenters. The number of carboxylic acid groups (broad SMARTS) is 1. The van der Waals surface area contributed by atoms with Crippen molar-refractivity contribution in [1.29, 1.82) is 0 Å². The minimum Gasteiger partial charge on any atom is -0.480 e. The van der Waals surface area contributed by atoms with Gasteiger partial charge in [0.2, 0.25) is 5.91 Å². The van der Waals surface area contributed by atoms with Gasteiger partial charge in [0, 0.05) is 12.5 Å². The van der Waals surface area contributed by atoms with Gasteiger partial charge in [0.15, 0.2) is 0 Å². The van der Waals surface area contributed by atoms with Crippen molar-refractivity contribution in [1.82, 2.24) is 4.90 Å². The van der Waals surface area contributed by atoms with Gasteiger partial charge in [-0.2, -0.15) is 0 Å². The van der Waals surface area contributed by atoms with Crippen LogP contribution in [-0.2, 0) is 9.59 Å². The van der Waals surface area contributed by atoms with Crippen LogP contribution in [-0.4, -0.2) is 41.0 Å². The standard InChI is InChI=1S/C12H22N2O3/c1-9(6-7-13)11(15)14-8-4-2-3-5-10(14)12(16)17/h9-10H,2-8,13H2,1H3,(H,16,17). The van der Waals surface area contributed by atoms with Gasteiger partial charge in [-0.3, -0.25) is 4.79 Å². The highest BCUT2D eigenvalue weighted by Gasteiger charge is 2.32. The summed E-state index contributed by atoms with van der Waals surface area (Å²) in [7, 11) is 0. The lowest BCUT2D eigenvalue weighted by Gasteiger charge is -2.29. The number of hydrogen-bond acceptors (Lipinski definition) is 3. The molecule has 1 aliphatic heterocycles. The number of hydrogen-bond donors (Lipinski definition) is 2. The summed E-state index contributed by atoms with van der Waals surface area (Å²) in [5, 5.41) is 9.18. The predicted molar refractivity (Wildman–Crippen MR) is 64.4 cm³/mol. The molecule has 0 bridgehead atoms. The second-order valence-corrected chi connectivity index (χ2v) is 4.71. The maximum atomic E-state index is 12.2. The third-order valence-corrected chi connectivity index (χ3v) is 3.34. The van der Waals surface area contributed by atoms with Crippen LogP contribution in [0.2, 0.25) is 0 Å². The quantitative estimate of drug-likeness (QED) is 0.764. The van der Waals surface area contributed by atoms with Gasteiger partial charge in [0.25, 0.3) is 0 Å². The van der Waals surface area contributed by atoms with E-state index in [0.29, 0.717) is 25.9 Å². The van der Waals surface area contributed by atoms with E-state index in [1.54, 1.807) is 0 Å². The zero-order valence-corrected chi connectivity index (χ0v) is 10.4. The van der Waals surface area contributed by atoms with Crippen LogP contribution in [0.1, 0.15) is 39.0 Å². The van der Waals surface area contributed by atoms with Crippen molar-refractivity contribution in [2.45, 2.75) is 45.1 Å². The number of carbonyl (C=O) groups excluding carboxylic acids is 1. The second kappa shape index (κ2) is 6.59. The lowest BCUT2D eigenvalue weighted by molar-refractivity contribution is -0.151. The number of rotatable bonds is 4. The molecule has 0 aliphatic carbocycles. The third-order valence-electron chi connectivity index (χ3n) is 3.34. The first-order chi connectivity index (χ1) is 8.07. The van der Waals surface area contributed by atoms with Crippen LogP contribution in [0.25, 0.3) is 0 Å². The molecule has 0 saturated carbocycles. The summed E-state index contributed by atoms with van der Waals surface area (Å²) < 4.78 is 0. The Kier molecular flexibility index (Phi) is 5.41. The fourth-order valence-corrected chi connectivity index (χ4v) is 2.29. The first-order valence-electron chi connectivity index (χ1n) is 6.31. The molecule has 0 aromatic carbocycles. The van der Waals surface area contributed by atoms with E-state index >= 15 is 0 Å². The minimum absolute atomic E-state index is 0.0650. The second-order valence-electron chi connectivity index (χ2n) is 4.71. The number of nitrogens with two attached hydrogens (primary N) is 1. The first-order valence-corrected chi connectivity index (χ1v) is 6.31. The zero-order chi connectivity index (χ0) is 12.8. The summed E-state index contributed by atoms with van der Waals surface area (Å²) in [6, 6.07) is -0.648. The summed E-state index contributed by atoms with van der Waals surface area (Å²) >= 11 is 0. The van der Waals surface area contributed by atoms with Gasteiger partial charge in [-0.05, 0) is 25.8 Å². The van der Waals surface area contributed by atoms with Crippen molar-refractivity contribution in [2.75, 3.05) is 13.1 Å². The summed E-state index contributed by atoms with van der Waals surface area (Å²) in [6.07, 6.45) is 3.95. The monoisotopic (exact) mass is 242 g/mol. The Balaban J connectivity index is 2.74. The fourth-order valence-electron chi connectivity index (χ4n) is 2.29.